The molecule has 0 radical (unpaired) electrons. The van der Waals surface area contributed by atoms with Crippen LogP contribution in [0.3, 0.4) is 0 Å². The van der Waals surface area contributed by atoms with E-state index in [4.69, 9.17) is 4.74 Å². The van der Waals surface area contributed by atoms with Gasteiger partial charge in [-0.25, -0.2) is 0 Å². The van der Waals surface area contributed by atoms with Crippen LogP contribution < -0.4 is 4.74 Å². The van der Waals surface area contributed by atoms with Crippen LogP contribution in [0.2, 0.25) is 0 Å². The van der Waals surface area contributed by atoms with Gasteiger partial charge in [0, 0.05) is 4.47 Å². The molecular weight excluding hydrogens is 292 g/mol. The van der Waals surface area contributed by atoms with Crippen LogP contribution in [0.1, 0.15) is 51.0 Å². The van der Waals surface area contributed by atoms with Crippen molar-refractivity contribution in [2.45, 2.75) is 57.7 Å². The summed E-state index contributed by atoms with van der Waals surface area (Å²) in [7, 11) is 0. The highest BCUT2D eigenvalue weighted by molar-refractivity contribution is 9.10. The summed E-state index contributed by atoms with van der Waals surface area (Å²) in [6, 6.07) is 6.10. The van der Waals surface area contributed by atoms with Gasteiger partial charge in [0.15, 0.2) is 0 Å². The Balaban J connectivity index is 2.17. The van der Waals surface area contributed by atoms with Gasteiger partial charge >= 0.3 is 0 Å². The molecule has 0 spiro atoms. The van der Waals surface area contributed by atoms with Crippen LogP contribution >= 0.6 is 15.9 Å². The minimum absolute atomic E-state index is 0.0441. The molecule has 0 aliphatic heterocycles. The highest BCUT2D eigenvalue weighted by atomic mass is 79.9. The molecule has 1 aromatic carbocycles. The SMILES string of the molecule is CC(C)c1cc(Br)ccc1O[C@H]1CCCC[C@@H]1O. The molecule has 1 N–H and O–H groups in total. The third-order valence-electron chi connectivity index (χ3n) is 3.54. The van der Waals surface area contributed by atoms with E-state index >= 15 is 0 Å². The molecule has 1 aliphatic carbocycles. The lowest BCUT2D eigenvalue weighted by atomic mass is 9.94. The van der Waals surface area contributed by atoms with Crippen molar-refractivity contribution in [1.29, 1.82) is 0 Å². The molecule has 0 heterocycles. The molecule has 2 rings (SSSR count). The molecule has 0 unspecified atom stereocenters. The van der Waals surface area contributed by atoms with Gasteiger partial charge in [-0.3, -0.25) is 0 Å². The summed E-state index contributed by atoms with van der Waals surface area (Å²) in [5, 5.41) is 9.98. The largest absolute Gasteiger partial charge is 0.487 e. The minimum Gasteiger partial charge on any atom is -0.487 e. The molecule has 0 amide bonds. The molecule has 3 heteroatoms. The summed E-state index contributed by atoms with van der Waals surface area (Å²) in [5.74, 6) is 1.33. The second kappa shape index (κ2) is 6.07. The number of hydrogen-bond donors (Lipinski definition) is 1. The van der Waals surface area contributed by atoms with E-state index in [0.29, 0.717) is 5.92 Å². The monoisotopic (exact) mass is 312 g/mol. The van der Waals surface area contributed by atoms with Crippen LogP contribution in [0.5, 0.6) is 5.75 Å². The molecule has 2 atom stereocenters. The summed E-state index contributed by atoms with van der Waals surface area (Å²) < 4.78 is 7.12. The van der Waals surface area contributed by atoms with Crippen molar-refractivity contribution in [2.24, 2.45) is 0 Å². The predicted octanol–water partition coefficient (Wildman–Crippen LogP) is 4.25. The maximum atomic E-state index is 9.98. The van der Waals surface area contributed by atoms with Crippen molar-refractivity contribution in [3.8, 4) is 5.75 Å². The third kappa shape index (κ3) is 3.27. The number of benzene rings is 1. The van der Waals surface area contributed by atoms with Crippen LogP contribution in [0.25, 0.3) is 0 Å². The molecule has 18 heavy (non-hydrogen) atoms. The van der Waals surface area contributed by atoms with E-state index < -0.39 is 0 Å². The topological polar surface area (TPSA) is 29.5 Å². The van der Waals surface area contributed by atoms with Crippen molar-refractivity contribution in [1.82, 2.24) is 0 Å². The van der Waals surface area contributed by atoms with Gasteiger partial charge in [-0.2, -0.15) is 0 Å². The Hall–Kier alpha value is -0.540. The minimum atomic E-state index is -0.317. The van der Waals surface area contributed by atoms with E-state index in [2.05, 4.69) is 35.8 Å². The first kappa shape index (κ1) is 13.9. The first-order chi connectivity index (χ1) is 8.58. The number of halogens is 1. The Kier molecular flexibility index (Phi) is 4.68. The zero-order valence-electron chi connectivity index (χ0n) is 11.0. The predicted molar refractivity (Wildman–Crippen MR) is 77.1 cm³/mol. The summed E-state index contributed by atoms with van der Waals surface area (Å²) in [6.45, 7) is 4.32. The maximum Gasteiger partial charge on any atom is 0.124 e. The Bertz CT molecular complexity index is 403. The molecule has 1 saturated carbocycles. The van der Waals surface area contributed by atoms with Gasteiger partial charge in [0.2, 0.25) is 0 Å². The van der Waals surface area contributed by atoms with E-state index in [-0.39, 0.29) is 12.2 Å². The number of ether oxygens (including phenoxy) is 1. The molecule has 1 fully saturated rings. The smallest absolute Gasteiger partial charge is 0.124 e. The van der Waals surface area contributed by atoms with Gasteiger partial charge in [0.05, 0.1) is 6.10 Å². The highest BCUT2D eigenvalue weighted by Crippen LogP contribution is 2.32. The lowest BCUT2D eigenvalue weighted by Crippen LogP contribution is -2.34. The van der Waals surface area contributed by atoms with Crippen LogP contribution in [-0.4, -0.2) is 17.3 Å². The lowest BCUT2D eigenvalue weighted by molar-refractivity contribution is 0.00629. The summed E-state index contributed by atoms with van der Waals surface area (Å²) in [6.07, 6.45) is 3.71. The van der Waals surface area contributed by atoms with Gasteiger partial charge in [0.1, 0.15) is 11.9 Å². The second-order valence-electron chi connectivity index (χ2n) is 5.34. The highest BCUT2D eigenvalue weighted by Gasteiger charge is 2.25. The van der Waals surface area contributed by atoms with Gasteiger partial charge in [0.25, 0.3) is 0 Å². The maximum absolute atomic E-state index is 9.98. The van der Waals surface area contributed by atoms with E-state index in [0.717, 1.165) is 35.9 Å². The molecule has 0 saturated heterocycles. The van der Waals surface area contributed by atoms with Crippen LogP contribution in [-0.2, 0) is 0 Å². The van der Waals surface area contributed by atoms with Gasteiger partial charge in [-0.15, -0.1) is 0 Å². The normalized spacial score (nSPS) is 24.3. The second-order valence-corrected chi connectivity index (χ2v) is 6.26. The van der Waals surface area contributed by atoms with E-state index in [1.807, 2.05) is 12.1 Å². The standard InChI is InChI=1S/C15H21BrO2/c1-10(2)12-9-11(16)7-8-14(12)18-15-6-4-3-5-13(15)17/h7-10,13,15,17H,3-6H2,1-2H3/t13-,15-/m0/s1. The quantitative estimate of drug-likeness (QED) is 0.904. The van der Waals surface area contributed by atoms with Gasteiger partial charge in [-0.05, 0) is 48.9 Å². The molecule has 100 valence electrons. The fraction of sp³-hybridized carbons (Fsp3) is 0.600. The Morgan fingerprint density at radius 3 is 2.67 bits per heavy atom. The van der Waals surface area contributed by atoms with Crippen molar-refractivity contribution >= 4 is 15.9 Å². The van der Waals surface area contributed by atoms with E-state index in [1.165, 1.54) is 5.56 Å². The summed E-state index contributed by atoms with van der Waals surface area (Å²) >= 11 is 3.50. The van der Waals surface area contributed by atoms with Gasteiger partial charge < -0.3 is 9.84 Å². The summed E-state index contributed by atoms with van der Waals surface area (Å²) in [4.78, 5) is 0. The van der Waals surface area contributed by atoms with Crippen molar-refractivity contribution in [3.05, 3.63) is 28.2 Å². The molecule has 1 aliphatic rings. The Morgan fingerprint density at radius 1 is 1.28 bits per heavy atom. The van der Waals surface area contributed by atoms with E-state index in [9.17, 15) is 5.11 Å². The number of hydrogen-bond acceptors (Lipinski definition) is 2. The zero-order valence-corrected chi connectivity index (χ0v) is 12.6. The summed E-state index contributed by atoms with van der Waals surface area (Å²) in [5.41, 5.74) is 1.20. The lowest BCUT2D eigenvalue weighted by Gasteiger charge is -2.29. The fourth-order valence-electron chi connectivity index (χ4n) is 2.46. The fourth-order valence-corrected chi connectivity index (χ4v) is 2.83. The average Bonchev–Trinajstić information content (AvgIpc) is 2.34. The van der Waals surface area contributed by atoms with E-state index in [1.54, 1.807) is 0 Å². The molecule has 0 aromatic heterocycles. The van der Waals surface area contributed by atoms with Crippen molar-refractivity contribution in [2.75, 3.05) is 0 Å². The Labute approximate surface area is 117 Å². The van der Waals surface area contributed by atoms with Crippen LogP contribution in [0.4, 0.5) is 0 Å². The van der Waals surface area contributed by atoms with Crippen molar-refractivity contribution in [3.63, 3.8) is 0 Å². The molecule has 0 bridgehead atoms. The molecular formula is C15H21BrO2. The zero-order chi connectivity index (χ0) is 13.1. The third-order valence-corrected chi connectivity index (χ3v) is 4.03. The van der Waals surface area contributed by atoms with Crippen LogP contribution in [0, 0.1) is 0 Å². The number of aliphatic hydroxyl groups is 1. The molecule has 1 aromatic rings. The first-order valence-corrected chi connectivity index (χ1v) is 7.51. The van der Waals surface area contributed by atoms with Crippen LogP contribution in [0.15, 0.2) is 22.7 Å². The number of rotatable bonds is 3. The van der Waals surface area contributed by atoms with Crippen molar-refractivity contribution < 1.29 is 9.84 Å². The molecule has 2 nitrogen and oxygen atoms in total. The number of aliphatic hydroxyl groups excluding tert-OH is 1. The average molecular weight is 313 g/mol. The Morgan fingerprint density at radius 2 is 2.00 bits per heavy atom. The first-order valence-electron chi connectivity index (χ1n) is 6.72. The van der Waals surface area contributed by atoms with Gasteiger partial charge in [-0.1, -0.05) is 36.2 Å².